The van der Waals surface area contributed by atoms with Gasteiger partial charge in [-0.25, -0.2) is 0 Å². The number of Topliss-reactive ketones (excluding diaryl/α,β-unsaturated/α-hetero) is 1. The molecule has 0 aliphatic rings. The summed E-state index contributed by atoms with van der Waals surface area (Å²) >= 11 is 0. The highest BCUT2D eigenvalue weighted by molar-refractivity contribution is 5.96. The summed E-state index contributed by atoms with van der Waals surface area (Å²) in [4.78, 5) is 30.8. The van der Waals surface area contributed by atoms with Gasteiger partial charge in [0.1, 0.15) is 18.5 Å². The van der Waals surface area contributed by atoms with Gasteiger partial charge in [0.25, 0.3) is 0 Å². The number of carboxylic acids is 2. The van der Waals surface area contributed by atoms with Crippen LogP contribution < -0.4 is 20.3 Å². The summed E-state index contributed by atoms with van der Waals surface area (Å²) in [7, 11) is 0. The molecule has 0 amide bonds. The second-order valence-electron chi connectivity index (χ2n) is 8.21. The van der Waals surface area contributed by atoms with Crippen LogP contribution in [-0.4, -0.2) is 54.7 Å². The normalized spacial score (nSPS) is 11.7. The van der Waals surface area contributed by atoms with Crippen molar-refractivity contribution in [3.8, 4) is 5.75 Å². The van der Waals surface area contributed by atoms with Crippen LogP contribution in [0.15, 0.2) is 30.4 Å². The zero-order chi connectivity index (χ0) is 26.6. The Hall–Kier alpha value is -2.75. The summed E-state index contributed by atoms with van der Waals surface area (Å²) < 4.78 is 11.6. The van der Waals surface area contributed by atoms with E-state index < -0.39 is 18.0 Å². The second kappa shape index (κ2) is 19.5. The molecule has 1 aromatic rings. The molecule has 0 aliphatic carbocycles. The first kappa shape index (κ1) is 32.2. The lowest BCUT2D eigenvalue weighted by atomic mass is 10.1. The predicted octanol–water partition coefficient (Wildman–Crippen LogP) is 1.16. The number of benzene rings is 1. The number of hydrogen-bond acceptors (Lipinski definition) is 9. The Labute approximate surface area is 208 Å². The Morgan fingerprint density at radius 3 is 2.26 bits per heavy atom. The van der Waals surface area contributed by atoms with Gasteiger partial charge in [-0.1, -0.05) is 47.0 Å². The lowest BCUT2D eigenvalue weighted by Gasteiger charge is -2.17. The monoisotopic (exact) mass is 493 g/mol. The van der Waals surface area contributed by atoms with E-state index in [1.807, 2.05) is 26.8 Å². The summed E-state index contributed by atoms with van der Waals surface area (Å²) in [5.74, 6) is -2.32. The van der Waals surface area contributed by atoms with E-state index in [0.29, 0.717) is 55.7 Å². The first-order valence-corrected chi connectivity index (χ1v) is 12.0. The molecule has 35 heavy (non-hydrogen) atoms. The third-order valence-electron chi connectivity index (χ3n) is 4.65. The Kier molecular flexibility index (Phi) is 18.0. The Balaban J connectivity index is 0.00000124. The molecule has 1 atom stereocenters. The number of carboxylic acid groups (broad SMARTS) is 2. The second-order valence-corrected chi connectivity index (χ2v) is 8.21. The van der Waals surface area contributed by atoms with E-state index in [-0.39, 0.29) is 12.4 Å². The largest absolute Gasteiger partial charge is 0.545 e. The topological polar surface area (TPSA) is 148 Å². The molecule has 1 unspecified atom stereocenters. The smallest absolute Gasteiger partial charge is 0.162 e. The van der Waals surface area contributed by atoms with E-state index in [2.05, 4.69) is 12.2 Å². The van der Waals surface area contributed by atoms with Crippen LogP contribution in [0.2, 0.25) is 0 Å². The fourth-order valence-corrected chi connectivity index (χ4v) is 2.78. The number of hydrogen-bond donors (Lipinski definition) is 2. The molecule has 9 heteroatoms. The molecule has 198 valence electrons. The van der Waals surface area contributed by atoms with E-state index in [1.54, 1.807) is 12.1 Å². The average Bonchev–Trinajstić information content (AvgIpc) is 2.82. The van der Waals surface area contributed by atoms with Gasteiger partial charge in [-0.05, 0) is 36.8 Å². The number of nitrogens with one attached hydrogen (secondary N) is 1. The van der Waals surface area contributed by atoms with Gasteiger partial charge in [0.05, 0.1) is 18.5 Å². The van der Waals surface area contributed by atoms with Crippen LogP contribution in [0.1, 0.15) is 75.7 Å². The van der Waals surface area contributed by atoms with Crippen molar-refractivity contribution < 1.29 is 39.2 Å². The van der Waals surface area contributed by atoms with Crippen LogP contribution in [0.5, 0.6) is 5.75 Å². The van der Waals surface area contributed by atoms with Gasteiger partial charge in [0, 0.05) is 36.7 Å². The first-order chi connectivity index (χ1) is 16.6. The lowest BCUT2D eigenvalue weighted by Crippen LogP contribution is -2.35. The molecule has 0 bridgehead atoms. The van der Waals surface area contributed by atoms with Gasteiger partial charge in [-0.2, -0.15) is 0 Å². The average molecular weight is 494 g/mol. The molecule has 0 saturated heterocycles. The maximum Gasteiger partial charge on any atom is 0.162 e. The third kappa shape index (κ3) is 17.4. The SMILES string of the molecule is CCCCCCOCc1cc(C(=O)CC)ccc1OCC(O)CNC(C)C.O=C([O-])C=CC(=O)[O-]. The molecule has 0 spiro atoms. The van der Waals surface area contributed by atoms with Crippen molar-refractivity contribution in [2.45, 2.75) is 78.6 Å². The van der Waals surface area contributed by atoms with Gasteiger partial charge < -0.3 is 39.7 Å². The number of ether oxygens (including phenoxy) is 2. The number of carbonyl (C=O) groups is 3. The number of rotatable bonds is 17. The zero-order valence-electron chi connectivity index (χ0n) is 21.2. The molecule has 1 rings (SSSR count). The number of aliphatic hydroxyl groups excluding tert-OH is 1. The summed E-state index contributed by atoms with van der Waals surface area (Å²) in [6, 6.07) is 5.76. The highest BCUT2D eigenvalue weighted by Crippen LogP contribution is 2.22. The first-order valence-electron chi connectivity index (χ1n) is 12.0. The maximum absolute atomic E-state index is 12.0. The van der Waals surface area contributed by atoms with E-state index in [4.69, 9.17) is 9.47 Å². The highest BCUT2D eigenvalue weighted by atomic mass is 16.5. The molecule has 9 nitrogen and oxygen atoms in total. The minimum atomic E-state index is -1.55. The van der Waals surface area contributed by atoms with Crippen molar-refractivity contribution in [1.82, 2.24) is 5.32 Å². The van der Waals surface area contributed by atoms with Gasteiger partial charge in [-0.3, -0.25) is 4.79 Å². The Morgan fingerprint density at radius 1 is 1.06 bits per heavy atom. The third-order valence-corrected chi connectivity index (χ3v) is 4.65. The van der Waals surface area contributed by atoms with Crippen LogP contribution in [0.25, 0.3) is 0 Å². The van der Waals surface area contributed by atoms with E-state index in [1.165, 1.54) is 19.3 Å². The Bertz CT molecular complexity index is 776. The number of ketones is 1. The predicted molar refractivity (Wildman–Crippen MR) is 129 cm³/mol. The molecule has 0 radical (unpaired) electrons. The quantitative estimate of drug-likeness (QED) is 0.185. The van der Waals surface area contributed by atoms with Gasteiger partial charge in [-0.15, -0.1) is 0 Å². The minimum absolute atomic E-state index is 0.104. The van der Waals surface area contributed by atoms with Crippen LogP contribution in [0.3, 0.4) is 0 Å². The molecule has 0 saturated carbocycles. The number of aliphatic hydroxyl groups is 1. The van der Waals surface area contributed by atoms with E-state index >= 15 is 0 Å². The van der Waals surface area contributed by atoms with Gasteiger partial charge >= 0.3 is 0 Å². The zero-order valence-corrected chi connectivity index (χ0v) is 21.2. The van der Waals surface area contributed by atoms with Gasteiger partial charge in [0.2, 0.25) is 0 Å². The van der Waals surface area contributed by atoms with Crippen molar-refractivity contribution in [3.63, 3.8) is 0 Å². The van der Waals surface area contributed by atoms with E-state index in [0.717, 1.165) is 12.0 Å². The maximum atomic E-state index is 12.0. The lowest BCUT2D eigenvalue weighted by molar-refractivity contribution is -0.301. The fourth-order valence-electron chi connectivity index (χ4n) is 2.78. The van der Waals surface area contributed by atoms with Crippen LogP contribution in [0.4, 0.5) is 0 Å². The Morgan fingerprint density at radius 2 is 1.71 bits per heavy atom. The van der Waals surface area contributed by atoms with Crippen molar-refractivity contribution in [1.29, 1.82) is 0 Å². The number of aliphatic carboxylic acids is 2. The molecule has 0 fully saturated rings. The molecule has 1 aromatic carbocycles. The summed E-state index contributed by atoms with van der Waals surface area (Å²) in [6.07, 6.45) is 5.28. The van der Waals surface area contributed by atoms with Crippen molar-refractivity contribution in [3.05, 3.63) is 41.5 Å². The van der Waals surface area contributed by atoms with Crippen LogP contribution in [0, 0.1) is 0 Å². The molecule has 0 heterocycles. The van der Waals surface area contributed by atoms with Crippen molar-refractivity contribution in [2.75, 3.05) is 19.8 Å². The summed E-state index contributed by atoms with van der Waals surface area (Å²) in [5, 5.41) is 32.1. The standard InChI is InChI=1S/C22H37NO4.C4H4O4/c1-5-7-8-9-12-26-15-19-13-18(21(25)6-2)10-11-22(19)27-16-20(24)14-23-17(3)4;5-3(6)1-2-4(7)8/h10-11,13,17,20,23-24H,5-9,12,14-16H2,1-4H3;1-2H,(H,5,6)(H,7,8)/p-2. The van der Waals surface area contributed by atoms with Crippen LogP contribution in [-0.2, 0) is 20.9 Å². The molecule has 2 N–H and O–H groups in total. The molecule has 0 aromatic heterocycles. The summed E-state index contributed by atoms with van der Waals surface area (Å²) in [5.41, 5.74) is 1.53. The minimum Gasteiger partial charge on any atom is -0.545 e. The van der Waals surface area contributed by atoms with E-state index in [9.17, 15) is 29.7 Å². The number of carbonyl (C=O) groups excluding carboxylic acids is 3. The summed E-state index contributed by atoms with van der Waals surface area (Å²) in [6.45, 7) is 9.90. The van der Waals surface area contributed by atoms with Gasteiger partial charge in [0.15, 0.2) is 5.78 Å². The van der Waals surface area contributed by atoms with Crippen LogP contribution >= 0.6 is 0 Å². The fraction of sp³-hybridized carbons (Fsp3) is 0.577. The van der Waals surface area contributed by atoms with Crippen molar-refractivity contribution >= 4 is 17.7 Å². The number of unbranched alkanes of at least 4 members (excludes halogenated alkanes) is 3. The highest BCUT2D eigenvalue weighted by Gasteiger charge is 2.12. The molecular weight excluding hydrogens is 454 g/mol. The molecular formula is C26H39NO8-2. The van der Waals surface area contributed by atoms with Crippen molar-refractivity contribution in [2.24, 2.45) is 0 Å². The molecule has 0 aliphatic heterocycles.